The molecule has 106 valence electrons. The zero-order chi connectivity index (χ0) is 15.3. The molecule has 0 bridgehead atoms. The number of imide groups is 1. The number of halogens is 2. The number of aryl methyl sites for hydroxylation is 2. The molecule has 0 saturated carbocycles. The predicted molar refractivity (Wildman–Crippen MR) is 86.2 cm³/mol. The van der Waals surface area contributed by atoms with E-state index in [2.05, 4.69) is 15.9 Å². The lowest BCUT2D eigenvalue weighted by Crippen LogP contribution is -2.29. The molecule has 0 saturated heterocycles. The second kappa shape index (κ2) is 4.97. The lowest BCUT2D eigenvalue weighted by molar-refractivity contribution is 0.0926. The number of carbonyl (C=O) groups excluding carboxylic acids is 2. The Morgan fingerprint density at radius 2 is 1.48 bits per heavy atom. The van der Waals surface area contributed by atoms with Crippen LogP contribution in [0, 0.1) is 13.8 Å². The number of anilines is 1. The molecule has 3 nitrogen and oxygen atoms in total. The van der Waals surface area contributed by atoms with Crippen molar-refractivity contribution in [2.24, 2.45) is 0 Å². The quantitative estimate of drug-likeness (QED) is 0.698. The third kappa shape index (κ3) is 2.10. The van der Waals surface area contributed by atoms with Crippen LogP contribution < -0.4 is 4.90 Å². The molecule has 0 fully saturated rings. The van der Waals surface area contributed by atoms with Gasteiger partial charge in [-0.15, -0.1) is 0 Å². The molecule has 1 aliphatic rings. The van der Waals surface area contributed by atoms with Gasteiger partial charge in [0.15, 0.2) is 0 Å². The van der Waals surface area contributed by atoms with Gasteiger partial charge < -0.3 is 0 Å². The van der Waals surface area contributed by atoms with Gasteiger partial charge >= 0.3 is 0 Å². The van der Waals surface area contributed by atoms with Gasteiger partial charge in [-0.05, 0) is 59.1 Å². The van der Waals surface area contributed by atoms with E-state index in [0.29, 0.717) is 26.3 Å². The van der Waals surface area contributed by atoms with Crippen molar-refractivity contribution in [2.45, 2.75) is 13.8 Å². The largest absolute Gasteiger partial charge is 0.268 e. The molecule has 1 aliphatic heterocycles. The number of carbonyl (C=O) groups is 2. The molecule has 0 atom stereocenters. The Bertz CT molecular complexity index is 760. The maximum absolute atomic E-state index is 12.6. The maximum Gasteiger partial charge on any atom is 0.266 e. The lowest BCUT2D eigenvalue weighted by Gasteiger charge is -2.14. The molecular formula is C16H11BrClNO2. The zero-order valence-electron chi connectivity index (χ0n) is 11.4. The van der Waals surface area contributed by atoms with Crippen molar-refractivity contribution >= 4 is 45.0 Å². The van der Waals surface area contributed by atoms with Crippen LogP contribution in [-0.4, -0.2) is 11.8 Å². The first kappa shape index (κ1) is 14.3. The minimum atomic E-state index is -0.287. The van der Waals surface area contributed by atoms with Crippen LogP contribution in [0.2, 0.25) is 5.02 Å². The van der Waals surface area contributed by atoms with Crippen molar-refractivity contribution in [1.82, 2.24) is 0 Å². The summed E-state index contributed by atoms with van der Waals surface area (Å²) in [7, 11) is 0. The van der Waals surface area contributed by atoms with Crippen LogP contribution in [0.3, 0.4) is 0 Å². The van der Waals surface area contributed by atoms with Gasteiger partial charge in [-0.3, -0.25) is 9.59 Å². The van der Waals surface area contributed by atoms with Crippen LogP contribution in [0.4, 0.5) is 5.69 Å². The first-order valence-electron chi connectivity index (χ1n) is 6.36. The molecule has 2 aromatic rings. The lowest BCUT2D eigenvalue weighted by atomic mass is 9.99. The standard InChI is InChI=1S/C16H11BrClNO2/c1-8-3-4-9(2)14-13(8)15(20)19(16(14)21)10-5-6-12(18)11(17)7-10/h3-7H,1-2H3. The number of rotatable bonds is 1. The van der Waals surface area contributed by atoms with Crippen molar-refractivity contribution in [3.63, 3.8) is 0 Å². The van der Waals surface area contributed by atoms with E-state index in [1.807, 2.05) is 26.0 Å². The second-order valence-corrected chi connectivity index (χ2v) is 6.26. The van der Waals surface area contributed by atoms with Gasteiger partial charge in [0.25, 0.3) is 11.8 Å². The molecule has 0 aliphatic carbocycles. The van der Waals surface area contributed by atoms with Gasteiger partial charge in [-0.2, -0.15) is 0 Å². The molecule has 0 spiro atoms. The van der Waals surface area contributed by atoms with E-state index in [1.165, 1.54) is 4.90 Å². The average Bonchev–Trinajstić information content (AvgIpc) is 2.70. The van der Waals surface area contributed by atoms with E-state index in [9.17, 15) is 9.59 Å². The average molecular weight is 365 g/mol. The Labute approximate surface area is 135 Å². The van der Waals surface area contributed by atoms with Gasteiger partial charge in [-0.25, -0.2) is 4.90 Å². The second-order valence-electron chi connectivity index (χ2n) is 4.99. The van der Waals surface area contributed by atoms with Gasteiger partial charge in [0.2, 0.25) is 0 Å². The number of hydrogen-bond acceptors (Lipinski definition) is 2. The SMILES string of the molecule is Cc1ccc(C)c2c1C(=O)N(c1ccc(Cl)c(Br)c1)C2=O. The Morgan fingerprint density at radius 3 is 1.95 bits per heavy atom. The van der Waals surface area contributed by atoms with E-state index in [0.717, 1.165) is 11.1 Å². The van der Waals surface area contributed by atoms with Crippen molar-refractivity contribution in [3.8, 4) is 0 Å². The van der Waals surface area contributed by atoms with Crippen molar-refractivity contribution in [3.05, 3.63) is 62.1 Å². The minimum absolute atomic E-state index is 0.287. The van der Waals surface area contributed by atoms with E-state index in [-0.39, 0.29) is 11.8 Å². The number of hydrogen-bond donors (Lipinski definition) is 0. The molecule has 21 heavy (non-hydrogen) atoms. The van der Waals surface area contributed by atoms with Gasteiger partial charge in [0.1, 0.15) is 0 Å². The predicted octanol–water partition coefficient (Wildman–Crippen LogP) is 4.52. The van der Waals surface area contributed by atoms with Crippen LogP contribution in [-0.2, 0) is 0 Å². The number of fused-ring (bicyclic) bond motifs is 1. The van der Waals surface area contributed by atoms with E-state index < -0.39 is 0 Å². The van der Waals surface area contributed by atoms with Crippen LogP contribution in [0.1, 0.15) is 31.8 Å². The van der Waals surface area contributed by atoms with E-state index in [4.69, 9.17) is 11.6 Å². The summed E-state index contributed by atoms with van der Waals surface area (Å²) >= 11 is 9.28. The Balaban J connectivity index is 2.18. The molecule has 0 aromatic heterocycles. The molecule has 0 N–H and O–H groups in total. The molecule has 2 aromatic carbocycles. The van der Waals surface area contributed by atoms with Crippen molar-refractivity contribution in [2.75, 3.05) is 4.90 Å². The van der Waals surface area contributed by atoms with Crippen molar-refractivity contribution < 1.29 is 9.59 Å². The summed E-state index contributed by atoms with van der Waals surface area (Å²) in [5.41, 5.74) is 3.11. The highest BCUT2D eigenvalue weighted by molar-refractivity contribution is 9.10. The number of benzene rings is 2. The summed E-state index contributed by atoms with van der Waals surface area (Å²) in [5, 5.41) is 0.530. The van der Waals surface area contributed by atoms with Crippen LogP contribution in [0.15, 0.2) is 34.8 Å². The molecular weight excluding hydrogens is 354 g/mol. The Hall–Kier alpha value is -1.65. The molecule has 0 unspecified atom stereocenters. The Morgan fingerprint density at radius 1 is 0.952 bits per heavy atom. The zero-order valence-corrected chi connectivity index (χ0v) is 13.7. The fourth-order valence-corrected chi connectivity index (χ4v) is 3.02. The maximum atomic E-state index is 12.6. The fourth-order valence-electron chi connectivity index (χ4n) is 2.54. The highest BCUT2D eigenvalue weighted by atomic mass is 79.9. The fraction of sp³-hybridized carbons (Fsp3) is 0.125. The summed E-state index contributed by atoms with van der Waals surface area (Å²) < 4.78 is 0.645. The summed E-state index contributed by atoms with van der Waals surface area (Å²) in [6, 6.07) is 8.72. The van der Waals surface area contributed by atoms with Gasteiger partial charge in [0, 0.05) is 4.47 Å². The minimum Gasteiger partial charge on any atom is -0.268 e. The highest BCUT2D eigenvalue weighted by Crippen LogP contribution is 2.35. The summed E-state index contributed by atoms with van der Waals surface area (Å²) in [6.07, 6.45) is 0. The first-order valence-corrected chi connectivity index (χ1v) is 7.53. The van der Waals surface area contributed by atoms with Gasteiger partial charge in [0.05, 0.1) is 21.8 Å². The smallest absolute Gasteiger partial charge is 0.266 e. The molecule has 3 rings (SSSR count). The number of amides is 2. The number of nitrogens with zero attached hydrogens (tertiary/aromatic N) is 1. The van der Waals surface area contributed by atoms with Gasteiger partial charge in [-0.1, -0.05) is 23.7 Å². The van der Waals surface area contributed by atoms with Crippen LogP contribution in [0.25, 0.3) is 0 Å². The van der Waals surface area contributed by atoms with E-state index >= 15 is 0 Å². The molecule has 0 radical (unpaired) electrons. The molecule has 5 heteroatoms. The monoisotopic (exact) mass is 363 g/mol. The third-order valence-electron chi connectivity index (χ3n) is 3.62. The van der Waals surface area contributed by atoms with Crippen molar-refractivity contribution in [1.29, 1.82) is 0 Å². The third-order valence-corrected chi connectivity index (χ3v) is 4.83. The first-order chi connectivity index (χ1) is 9.91. The van der Waals surface area contributed by atoms with E-state index in [1.54, 1.807) is 18.2 Å². The molecule has 2 amide bonds. The molecule has 1 heterocycles. The normalized spacial score (nSPS) is 13.8. The summed E-state index contributed by atoms with van der Waals surface area (Å²) in [6.45, 7) is 3.68. The van der Waals surface area contributed by atoms with Crippen LogP contribution >= 0.6 is 27.5 Å². The van der Waals surface area contributed by atoms with Crippen LogP contribution in [0.5, 0.6) is 0 Å². The highest BCUT2D eigenvalue weighted by Gasteiger charge is 2.39. The topological polar surface area (TPSA) is 37.4 Å². The Kier molecular flexibility index (Phi) is 3.38. The summed E-state index contributed by atoms with van der Waals surface area (Å²) in [5.74, 6) is -0.573. The summed E-state index contributed by atoms with van der Waals surface area (Å²) in [4.78, 5) is 26.5.